The van der Waals surface area contributed by atoms with Gasteiger partial charge in [-0.2, -0.15) is 0 Å². The Hall–Kier alpha value is -1.81. The van der Waals surface area contributed by atoms with Gasteiger partial charge in [-0.05, 0) is 0 Å². The minimum atomic E-state index is -2.98. The number of ether oxygens (including phenoxy) is 5. The van der Waals surface area contributed by atoms with E-state index in [1.54, 1.807) is 0 Å². The summed E-state index contributed by atoms with van der Waals surface area (Å²) >= 11 is 0. The van der Waals surface area contributed by atoms with Crippen molar-refractivity contribution in [2.24, 2.45) is 5.92 Å². The minimum Gasteiger partial charge on any atom is -0.463 e. The van der Waals surface area contributed by atoms with E-state index >= 15 is 0 Å². The Morgan fingerprint density at radius 2 is 1.54 bits per heavy atom. The molecule has 1 aliphatic rings. The highest BCUT2D eigenvalue weighted by atomic mass is 19.3. The van der Waals surface area contributed by atoms with E-state index in [4.69, 9.17) is 23.7 Å². The second-order valence-corrected chi connectivity index (χ2v) is 5.14. The van der Waals surface area contributed by atoms with Gasteiger partial charge in [-0.3, -0.25) is 14.4 Å². The van der Waals surface area contributed by atoms with Gasteiger partial charge < -0.3 is 23.7 Å². The molecule has 0 amide bonds. The summed E-state index contributed by atoms with van der Waals surface area (Å²) in [5, 5.41) is 0. The number of carbonyl (C=O) groups is 3. The van der Waals surface area contributed by atoms with Gasteiger partial charge in [0.1, 0.15) is 18.6 Å². The maximum atomic E-state index is 13.4. The average Bonchev–Trinajstić information content (AvgIpc) is 2.45. The van der Waals surface area contributed by atoms with E-state index in [1.165, 1.54) is 0 Å². The third-order valence-electron chi connectivity index (χ3n) is 3.27. The zero-order chi connectivity index (χ0) is 18.4. The molecular weight excluding hydrogens is 334 g/mol. The first kappa shape index (κ1) is 20.2. The predicted octanol–water partition coefficient (Wildman–Crippen LogP) is 0.665. The van der Waals surface area contributed by atoms with Crippen molar-refractivity contribution in [3.8, 4) is 0 Å². The van der Waals surface area contributed by atoms with E-state index in [0.29, 0.717) is 0 Å². The molecule has 0 radical (unpaired) electrons. The average molecular weight is 354 g/mol. The standard InChI is InChI=1S/C14H20F2O8/c1-6(17)21-5-9-11(22-7(2)18)12(23-8(3)19)10(13(15)16)14(20-4)24-9/h9-14H,5H2,1-4H3/t9-,10+,11-,12-,14-/m1/s1. The molecule has 0 spiro atoms. The van der Waals surface area contributed by atoms with Gasteiger partial charge in [0.25, 0.3) is 0 Å². The van der Waals surface area contributed by atoms with Gasteiger partial charge in [0, 0.05) is 27.9 Å². The highest BCUT2D eigenvalue weighted by Crippen LogP contribution is 2.35. The maximum Gasteiger partial charge on any atom is 0.303 e. The number of hydrogen-bond acceptors (Lipinski definition) is 8. The first-order chi connectivity index (χ1) is 11.2. The first-order valence-corrected chi connectivity index (χ1v) is 7.11. The lowest BCUT2D eigenvalue weighted by atomic mass is 9.90. The molecule has 24 heavy (non-hydrogen) atoms. The molecule has 1 fully saturated rings. The first-order valence-electron chi connectivity index (χ1n) is 7.11. The van der Waals surface area contributed by atoms with Gasteiger partial charge in [-0.25, -0.2) is 8.78 Å². The lowest BCUT2D eigenvalue weighted by molar-refractivity contribution is -0.301. The van der Waals surface area contributed by atoms with Gasteiger partial charge in [-0.1, -0.05) is 0 Å². The number of hydrogen-bond donors (Lipinski definition) is 0. The summed E-state index contributed by atoms with van der Waals surface area (Å²) in [6, 6.07) is 0. The molecule has 0 aromatic carbocycles. The van der Waals surface area contributed by atoms with E-state index in [-0.39, 0.29) is 6.61 Å². The molecule has 1 heterocycles. The van der Waals surface area contributed by atoms with Crippen LogP contribution in [0.3, 0.4) is 0 Å². The van der Waals surface area contributed by atoms with Crippen LogP contribution in [0.5, 0.6) is 0 Å². The van der Waals surface area contributed by atoms with Crippen molar-refractivity contribution in [3.05, 3.63) is 0 Å². The van der Waals surface area contributed by atoms with Crippen molar-refractivity contribution >= 4 is 17.9 Å². The predicted molar refractivity (Wildman–Crippen MR) is 72.9 cm³/mol. The van der Waals surface area contributed by atoms with Crippen molar-refractivity contribution in [1.29, 1.82) is 0 Å². The number of carbonyl (C=O) groups excluding carboxylic acids is 3. The highest BCUT2D eigenvalue weighted by molar-refractivity contribution is 5.67. The summed E-state index contributed by atoms with van der Waals surface area (Å²) in [6.07, 6.45) is -8.46. The summed E-state index contributed by atoms with van der Waals surface area (Å²) in [7, 11) is 1.14. The van der Waals surface area contributed by atoms with Crippen molar-refractivity contribution in [3.63, 3.8) is 0 Å². The van der Waals surface area contributed by atoms with Crippen LogP contribution in [0.1, 0.15) is 20.8 Å². The fourth-order valence-electron chi connectivity index (χ4n) is 2.41. The Balaban J connectivity index is 3.16. The Morgan fingerprint density at radius 1 is 1.00 bits per heavy atom. The second kappa shape index (κ2) is 8.88. The molecule has 0 unspecified atom stereocenters. The van der Waals surface area contributed by atoms with Crippen LogP contribution in [0.4, 0.5) is 8.78 Å². The van der Waals surface area contributed by atoms with E-state index < -0.39 is 54.9 Å². The summed E-state index contributed by atoms with van der Waals surface area (Å²) in [5.74, 6) is -3.96. The molecule has 0 aromatic rings. The molecule has 1 aliphatic heterocycles. The summed E-state index contributed by atoms with van der Waals surface area (Å²) in [4.78, 5) is 33.6. The molecule has 5 atom stereocenters. The molecule has 1 saturated heterocycles. The number of methoxy groups -OCH3 is 1. The van der Waals surface area contributed by atoms with Gasteiger partial charge in [0.2, 0.25) is 6.43 Å². The van der Waals surface area contributed by atoms with E-state index in [9.17, 15) is 23.2 Å². The van der Waals surface area contributed by atoms with Crippen LogP contribution < -0.4 is 0 Å². The van der Waals surface area contributed by atoms with Gasteiger partial charge in [0.15, 0.2) is 18.5 Å². The zero-order valence-corrected chi connectivity index (χ0v) is 13.7. The molecule has 0 aromatic heterocycles. The second-order valence-electron chi connectivity index (χ2n) is 5.14. The topological polar surface area (TPSA) is 97.4 Å². The van der Waals surface area contributed by atoms with Crippen LogP contribution >= 0.6 is 0 Å². The Labute approximate surface area is 137 Å². The molecule has 10 heteroatoms. The third kappa shape index (κ3) is 5.38. The number of alkyl halides is 2. The lowest BCUT2D eigenvalue weighted by Crippen LogP contribution is -2.60. The smallest absolute Gasteiger partial charge is 0.303 e. The van der Waals surface area contributed by atoms with Crippen molar-refractivity contribution in [2.45, 2.75) is 51.8 Å². The molecule has 0 aliphatic carbocycles. The minimum absolute atomic E-state index is 0.388. The molecule has 138 valence electrons. The summed E-state index contributed by atoms with van der Waals surface area (Å²) < 4.78 is 51.8. The fourth-order valence-corrected chi connectivity index (χ4v) is 2.41. The van der Waals surface area contributed by atoms with E-state index in [0.717, 1.165) is 27.9 Å². The largest absolute Gasteiger partial charge is 0.463 e. The van der Waals surface area contributed by atoms with Crippen LogP contribution in [0.15, 0.2) is 0 Å². The van der Waals surface area contributed by atoms with Crippen molar-refractivity contribution < 1.29 is 46.8 Å². The van der Waals surface area contributed by atoms with E-state index in [2.05, 4.69) is 0 Å². The molecule has 8 nitrogen and oxygen atoms in total. The molecule has 1 rings (SSSR count). The quantitative estimate of drug-likeness (QED) is 0.507. The normalized spacial score (nSPS) is 29.9. The van der Waals surface area contributed by atoms with Gasteiger partial charge >= 0.3 is 17.9 Å². The molecule has 0 N–H and O–H groups in total. The SMILES string of the molecule is CO[C@@H]1O[C@H](COC(C)=O)[C@@H](OC(C)=O)[C@H](OC(C)=O)[C@H]1C(F)F. The van der Waals surface area contributed by atoms with E-state index in [1.807, 2.05) is 0 Å². The van der Waals surface area contributed by atoms with Crippen LogP contribution in [0.2, 0.25) is 0 Å². The number of rotatable bonds is 6. The Bertz CT molecular complexity index is 470. The third-order valence-corrected chi connectivity index (χ3v) is 3.27. The van der Waals surface area contributed by atoms with Crippen molar-refractivity contribution in [1.82, 2.24) is 0 Å². The number of esters is 3. The van der Waals surface area contributed by atoms with Gasteiger partial charge in [-0.15, -0.1) is 0 Å². The van der Waals surface area contributed by atoms with Crippen LogP contribution in [0.25, 0.3) is 0 Å². The summed E-state index contributed by atoms with van der Waals surface area (Å²) in [5.41, 5.74) is 0. The summed E-state index contributed by atoms with van der Waals surface area (Å²) in [6.45, 7) is 2.85. The Kier molecular flexibility index (Phi) is 7.49. The Morgan fingerprint density at radius 3 is 1.96 bits per heavy atom. The molecule has 0 saturated carbocycles. The molecule has 0 bridgehead atoms. The fraction of sp³-hybridized carbons (Fsp3) is 0.786. The molecular formula is C14H20F2O8. The highest BCUT2D eigenvalue weighted by Gasteiger charge is 2.54. The lowest BCUT2D eigenvalue weighted by Gasteiger charge is -2.44. The zero-order valence-electron chi connectivity index (χ0n) is 13.7. The van der Waals surface area contributed by atoms with Crippen molar-refractivity contribution in [2.75, 3.05) is 13.7 Å². The maximum absolute atomic E-state index is 13.4. The van der Waals surface area contributed by atoms with Crippen LogP contribution in [0, 0.1) is 5.92 Å². The van der Waals surface area contributed by atoms with Gasteiger partial charge in [0.05, 0.1) is 0 Å². The van der Waals surface area contributed by atoms with Crippen LogP contribution in [-0.2, 0) is 38.1 Å². The van der Waals surface area contributed by atoms with Crippen LogP contribution in [-0.4, -0.2) is 62.7 Å². The monoisotopic (exact) mass is 354 g/mol. The number of halogens is 2.